The van der Waals surface area contributed by atoms with Gasteiger partial charge in [0.15, 0.2) is 0 Å². The van der Waals surface area contributed by atoms with Gasteiger partial charge in [-0.05, 0) is 17.7 Å². The molecule has 5 nitrogen and oxygen atoms in total. The molecule has 1 aromatic rings. The largest absolute Gasteiger partial charge is 0.366 e. The van der Waals surface area contributed by atoms with Crippen LogP contribution < -0.4 is 16.4 Å². The van der Waals surface area contributed by atoms with Crippen molar-refractivity contribution in [3.05, 3.63) is 35.4 Å². The Balaban J connectivity index is 2.27. The average molecular weight is 235 g/mol. The van der Waals surface area contributed by atoms with Crippen LogP contribution in [0.25, 0.3) is 0 Å². The first-order chi connectivity index (χ1) is 8.09. The van der Waals surface area contributed by atoms with Gasteiger partial charge in [0.2, 0.25) is 11.8 Å². The summed E-state index contributed by atoms with van der Waals surface area (Å²) in [5.74, 6) is -0.451. The van der Waals surface area contributed by atoms with Crippen LogP contribution in [-0.4, -0.2) is 24.9 Å². The Labute approximate surface area is 100 Å². The van der Waals surface area contributed by atoms with Gasteiger partial charge in [0.25, 0.3) is 0 Å². The number of hydrogen-bond acceptors (Lipinski definition) is 3. The van der Waals surface area contributed by atoms with Gasteiger partial charge in [0, 0.05) is 32.1 Å². The van der Waals surface area contributed by atoms with E-state index in [2.05, 4.69) is 10.6 Å². The first-order valence-electron chi connectivity index (χ1n) is 5.43. The van der Waals surface area contributed by atoms with Crippen LogP contribution in [0.3, 0.4) is 0 Å². The lowest BCUT2D eigenvalue weighted by Gasteiger charge is -2.05. The lowest BCUT2D eigenvalue weighted by molar-refractivity contribution is -0.118. The molecule has 0 radical (unpaired) electrons. The predicted octanol–water partition coefficient (Wildman–Crippen LogP) is 0.0112. The zero-order valence-electron chi connectivity index (χ0n) is 9.82. The number of carbonyl (C=O) groups is 2. The van der Waals surface area contributed by atoms with E-state index in [1.54, 1.807) is 12.1 Å². The third kappa shape index (κ3) is 5.12. The van der Waals surface area contributed by atoms with Crippen LogP contribution in [0.5, 0.6) is 0 Å². The van der Waals surface area contributed by atoms with Crippen molar-refractivity contribution in [1.82, 2.24) is 10.6 Å². The molecule has 4 N–H and O–H groups in total. The van der Waals surface area contributed by atoms with Gasteiger partial charge in [-0.1, -0.05) is 12.1 Å². The van der Waals surface area contributed by atoms with Gasteiger partial charge in [0.1, 0.15) is 0 Å². The van der Waals surface area contributed by atoms with E-state index in [9.17, 15) is 9.59 Å². The van der Waals surface area contributed by atoms with E-state index in [-0.39, 0.29) is 5.91 Å². The van der Waals surface area contributed by atoms with Crippen LogP contribution in [0.1, 0.15) is 22.8 Å². The molecule has 0 fully saturated rings. The van der Waals surface area contributed by atoms with Crippen molar-refractivity contribution in [2.24, 2.45) is 5.73 Å². The number of nitrogens with one attached hydrogen (secondary N) is 2. The maximum absolute atomic E-state index is 10.8. The normalized spacial score (nSPS) is 9.94. The van der Waals surface area contributed by atoms with E-state index in [0.29, 0.717) is 25.2 Å². The Morgan fingerprint density at radius 3 is 2.35 bits per heavy atom. The summed E-state index contributed by atoms with van der Waals surface area (Å²) in [6.45, 7) is 3.49. The fourth-order valence-electron chi connectivity index (χ4n) is 1.35. The highest BCUT2D eigenvalue weighted by Crippen LogP contribution is 2.03. The highest BCUT2D eigenvalue weighted by molar-refractivity contribution is 5.92. The zero-order valence-corrected chi connectivity index (χ0v) is 9.82. The zero-order chi connectivity index (χ0) is 12.7. The van der Waals surface area contributed by atoms with Gasteiger partial charge in [-0.3, -0.25) is 9.59 Å². The number of amides is 2. The molecule has 2 amide bonds. The molecule has 0 heterocycles. The molecular weight excluding hydrogens is 218 g/mol. The van der Waals surface area contributed by atoms with E-state index in [1.807, 2.05) is 12.1 Å². The molecule has 0 saturated heterocycles. The Morgan fingerprint density at radius 1 is 1.18 bits per heavy atom. The molecule has 92 valence electrons. The van der Waals surface area contributed by atoms with E-state index in [1.165, 1.54) is 6.92 Å². The maximum atomic E-state index is 10.8. The summed E-state index contributed by atoms with van der Waals surface area (Å²) >= 11 is 0. The van der Waals surface area contributed by atoms with Gasteiger partial charge >= 0.3 is 0 Å². The van der Waals surface area contributed by atoms with Crippen molar-refractivity contribution in [3.63, 3.8) is 0 Å². The van der Waals surface area contributed by atoms with Crippen molar-refractivity contribution in [3.8, 4) is 0 Å². The lowest BCUT2D eigenvalue weighted by Crippen LogP contribution is -2.29. The summed E-state index contributed by atoms with van der Waals surface area (Å²) in [6, 6.07) is 7.11. The van der Waals surface area contributed by atoms with E-state index in [4.69, 9.17) is 5.73 Å². The molecule has 0 bridgehead atoms. The molecular formula is C12H17N3O2. The van der Waals surface area contributed by atoms with Crippen LogP contribution >= 0.6 is 0 Å². The highest BCUT2D eigenvalue weighted by Gasteiger charge is 1.99. The molecule has 5 heteroatoms. The molecule has 0 atom stereocenters. The summed E-state index contributed by atoms with van der Waals surface area (Å²) in [6.07, 6.45) is 0. The molecule has 0 aromatic heterocycles. The number of hydrogen-bond donors (Lipinski definition) is 3. The first kappa shape index (κ1) is 13.2. The fraction of sp³-hybridized carbons (Fsp3) is 0.333. The van der Waals surface area contributed by atoms with Crippen LogP contribution in [0.15, 0.2) is 24.3 Å². The van der Waals surface area contributed by atoms with Crippen molar-refractivity contribution in [1.29, 1.82) is 0 Å². The molecule has 0 spiro atoms. The van der Waals surface area contributed by atoms with E-state index < -0.39 is 5.91 Å². The van der Waals surface area contributed by atoms with E-state index >= 15 is 0 Å². The monoisotopic (exact) mass is 235 g/mol. The number of primary amides is 1. The lowest BCUT2D eigenvalue weighted by atomic mass is 10.1. The van der Waals surface area contributed by atoms with Crippen molar-refractivity contribution < 1.29 is 9.59 Å². The quantitative estimate of drug-likeness (QED) is 0.607. The molecule has 0 unspecified atom stereocenters. The Morgan fingerprint density at radius 2 is 1.82 bits per heavy atom. The SMILES string of the molecule is CC(=O)NCCNCc1ccc(C(N)=O)cc1. The average Bonchev–Trinajstić information content (AvgIpc) is 2.29. The Bertz CT molecular complexity index is 387. The topological polar surface area (TPSA) is 84.2 Å². The summed E-state index contributed by atoms with van der Waals surface area (Å²) in [7, 11) is 0. The van der Waals surface area contributed by atoms with Crippen molar-refractivity contribution in [2.45, 2.75) is 13.5 Å². The molecule has 0 saturated carbocycles. The van der Waals surface area contributed by atoms with Crippen LogP contribution in [0.4, 0.5) is 0 Å². The number of benzene rings is 1. The van der Waals surface area contributed by atoms with Crippen molar-refractivity contribution in [2.75, 3.05) is 13.1 Å². The van der Waals surface area contributed by atoms with Gasteiger partial charge in [-0.2, -0.15) is 0 Å². The number of rotatable bonds is 6. The molecule has 1 aromatic carbocycles. The third-order valence-electron chi connectivity index (χ3n) is 2.24. The molecule has 1 rings (SSSR count). The molecule has 0 aliphatic carbocycles. The summed E-state index contributed by atoms with van der Waals surface area (Å²) in [4.78, 5) is 21.4. The third-order valence-corrected chi connectivity index (χ3v) is 2.24. The summed E-state index contributed by atoms with van der Waals surface area (Å²) < 4.78 is 0. The van der Waals surface area contributed by atoms with Gasteiger partial charge in [0.05, 0.1) is 0 Å². The summed E-state index contributed by atoms with van der Waals surface area (Å²) in [5.41, 5.74) is 6.71. The van der Waals surface area contributed by atoms with Crippen molar-refractivity contribution >= 4 is 11.8 Å². The Hall–Kier alpha value is -1.88. The number of nitrogens with two attached hydrogens (primary N) is 1. The Kier molecular flexibility index (Phi) is 5.16. The highest BCUT2D eigenvalue weighted by atomic mass is 16.1. The second-order valence-electron chi connectivity index (χ2n) is 3.72. The minimum Gasteiger partial charge on any atom is -0.366 e. The first-order valence-corrected chi connectivity index (χ1v) is 5.43. The predicted molar refractivity (Wildman–Crippen MR) is 65.4 cm³/mol. The minimum atomic E-state index is -0.421. The number of carbonyl (C=O) groups excluding carboxylic acids is 2. The van der Waals surface area contributed by atoms with Crippen LogP contribution in [0, 0.1) is 0 Å². The fourth-order valence-corrected chi connectivity index (χ4v) is 1.35. The smallest absolute Gasteiger partial charge is 0.248 e. The second-order valence-corrected chi connectivity index (χ2v) is 3.72. The van der Waals surface area contributed by atoms with Gasteiger partial charge < -0.3 is 16.4 Å². The van der Waals surface area contributed by atoms with Crippen LogP contribution in [0.2, 0.25) is 0 Å². The maximum Gasteiger partial charge on any atom is 0.248 e. The van der Waals surface area contributed by atoms with Crippen LogP contribution in [-0.2, 0) is 11.3 Å². The standard InChI is InChI=1S/C12H17N3O2/c1-9(16)15-7-6-14-8-10-2-4-11(5-3-10)12(13)17/h2-5,14H,6-8H2,1H3,(H2,13,17)(H,15,16). The van der Waals surface area contributed by atoms with Gasteiger partial charge in [-0.25, -0.2) is 0 Å². The summed E-state index contributed by atoms with van der Waals surface area (Å²) in [5, 5.41) is 5.87. The van der Waals surface area contributed by atoms with E-state index in [0.717, 1.165) is 5.56 Å². The van der Waals surface area contributed by atoms with Gasteiger partial charge in [-0.15, -0.1) is 0 Å². The molecule has 0 aliphatic rings. The second kappa shape index (κ2) is 6.65. The molecule has 0 aliphatic heterocycles. The minimum absolute atomic E-state index is 0.0300. The molecule has 17 heavy (non-hydrogen) atoms.